The van der Waals surface area contributed by atoms with Crippen LogP contribution in [-0.2, 0) is 6.42 Å². The van der Waals surface area contributed by atoms with Crippen LogP contribution in [-0.4, -0.2) is 14.8 Å². The standard InChI is InChI=1S/C17H13FN4O/c1-11-2-3-13(15(18)6-11)8-14-9-17(23)22(21-14)16-7-12(10-19)4-5-20-16/h2-7,9,21H,8H2,1H3. The predicted molar refractivity (Wildman–Crippen MR) is 82.8 cm³/mol. The van der Waals surface area contributed by atoms with E-state index in [-0.39, 0.29) is 17.8 Å². The first-order valence-electron chi connectivity index (χ1n) is 6.99. The number of halogens is 1. The average Bonchev–Trinajstić information content (AvgIpc) is 2.91. The minimum atomic E-state index is -0.310. The van der Waals surface area contributed by atoms with Crippen LogP contribution in [0.5, 0.6) is 0 Å². The van der Waals surface area contributed by atoms with Crippen LogP contribution in [0.3, 0.4) is 0 Å². The third-order valence-electron chi connectivity index (χ3n) is 3.47. The number of aromatic amines is 1. The third-order valence-corrected chi connectivity index (χ3v) is 3.47. The van der Waals surface area contributed by atoms with E-state index in [1.54, 1.807) is 12.1 Å². The number of pyridine rings is 1. The van der Waals surface area contributed by atoms with Crippen molar-refractivity contribution in [3.8, 4) is 11.9 Å². The van der Waals surface area contributed by atoms with Crippen molar-refractivity contribution in [3.63, 3.8) is 0 Å². The second-order valence-corrected chi connectivity index (χ2v) is 5.24. The van der Waals surface area contributed by atoms with Gasteiger partial charge in [0.15, 0.2) is 5.82 Å². The van der Waals surface area contributed by atoms with Crippen molar-refractivity contribution in [2.75, 3.05) is 0 Å². The molecular weight excluding hydrogens is 295 g/mol. The van der Waals surface area contributed by atoms with E-state index in [2.05, 4.69) is 10.1 Å². The molecule has 0 bridgehead atoms. The predicted octanol–water partition coefficient (Wildman–Crippen LogP) is 2.47. The Morgan fingerprint density at radius 3 is 2.87 bits per heavy atom. The molecule has 5 nitrogen and oxygen atoms in total. The van der Waals surface area contributed by atoms with E-state index < -0.39 is 0 Å². The molecule has 1 N–H and O–H groups in total. The highest BCUT2D eigenvalue weighted by Gasteiger charge is 2.10. The van der Waals surface area contributed by atoms with Gasteiger partial charge in [0.1, 0.15) is 5.82 Å². The van der Waals surface area contributed by atoms with Crippen LogP contribution >= 0.6 is 0 Å². The molecular formula is C17H13FN4O. The molecule has 0 amide bonds. The summed E-state index contributed by atoms with van der Waals surface area (Å²) in [6.45, 7) is 1.82. The largest absolute Gasteiger partial charge is 0.293 e. The fourth-order valence-electron chi connectivity index (χ4n) is 2.32. The van der Waals surface area contributed by atoms with Gasteiger partial charge in [-0.15, -0.1) is 0 Å². The number of hydrogen-bond donors (Lipinski definition) is 1. The van der Waals surface area contributed by atoms with Gasteiger partial charge in [-0.3, -0.25) is 9.89 Å². The quantitative estimate of drug-likeness (QED) is 0.807. The molecule has 3 rings (SSSR count). The Morgan fingerprint density at radius 1 is 1.30 bits per heavy atom. The zero-order chi connectivity index (χ0) is 16.4. The van der Waals surface area contributed by atoms with Crippen LogP contribution in [0, 0.1) is 24.1 Å². The highest BCUT2D eigenvalue weighted by atomic mass is 19.1. The smallest absolute Gasteiger partial charge is 0.272 e. The Labute approximate surface area is 131 Å². The summed E-state index contributed by atoms with van der Waals surface area (Å²) in [6.07, 6.45) is 1.73. The third kappa shape index (κ3) is 3.04. The van der Waals surface area contributed by atoms with Gasteiger partial charge in [-0.25, -0.2) is 14.1 Å². The zero-order valence-electron chi connectivity index (χ0n) is 12.4. The molecule has 0 aliphatic carbocycles. The highest BCUT2D eigenvalue weighted by Crippen LogP contribution is 2.14. The van der Waals surface area contributed by atoms with Gasteiger partial charge in [0.25, 0.3) is 5.56 Å². The summed E-state index contributed by atoms with van der Waals surface area (Å²) in [5.41, 5.74) is 2.01. The van der Waals surface area contributed by atoms with Gasteiger partial charge < -0.3 is 0 Å². The SMILES string of the molecule is Cc1ccc(Cc2cc(=O)n(-c3cc(C#N)ccn3)[nH]2)c(F)c1. The van der Waals surface area contributed by atoms with Crippen molar-refractivity contribution in [3.05, 3.63) is 81.2 Å². The highest BCUT2D eigenvalue weighted by molar-refractivity contribution is 5.35. The maximum atomic E-state index is 13.9. The number of nitrogens with zero attached hydrogens (tertiary/aromatic N) is 3. The second-order valence-electron chi connectivity index (χ2n) is 5.24. The fraction of sp³-hybridized carbons (Fsp3) is 0.118. The van der Waals surface area contributed by atoms with E-state index in [1.807, 2.05) is 19.1 Å². The summed E-state index contributed by atoms with van der Waals surface area (Å²) >= 11 is 0. The van der Waals surface area contributed by atoms with Crippen molar-refractivity contribution >= 4 is 0 Å². The molecule has 0 atom stereocenters. The van der Waals surface area contributed by atoms with Crippen LogP contribution in [0.2, 0.25) is 0 Å². The molecule has 0 aliphatic heterocycles. The molecule has 0 fully saturated rings. The van der Waals surface area contributed by atoms with Crippen molar-refractivity contribution in [2.45, 2.75) is 13.3 Å². The summed E-state index contributed by atoms with van der Waals surface area (Å²) in [5, 5.41) is 11.8. The number of H-pyrrole nitrogens is 1. The van der Waals surface area contributed by atoms with Crippen molar-refractivity contribution in [1.29, 1.82) is 5.26 Å². The maximum Gasteiger partial charge on any atom is 0.272 e. The summed E-state index contributed by atoms with van der Waals surface area (Å²) in [7, 11) is 0. The molecule has 2 heterocycles. The lowest BCUT2D eigenvalue weighted by Crippen LogP contribution is -2.14. The summed E-state index contributed by atoms with van der Waals surface area (Å²) < 4.78 is 15.2. The van der Waals surface area contributed by atoms with E-state index in [9.17, 15) is 9.18 Å². The van der Waals surface area contributed by atoms with Gasteiger partial charge in [-0.2, -0.15) is 5.26 Å². The molecule has 23 heavy (non-hydrogen) atoms. The van der Waals surface area contributed by atoms with Gasteiger partial charge in [0, 0.05) is 30.4 Å². The van der Waals surface area contributed by atoms with Gasteiger partial charge in [-0.05, 0) is 30.2 Å². The molecule has 0 unspecified atom stereocenters. The van der Waals surface area contributed by atoms with Crippen LogP contribution in [0.1, 0.15) is 22.4 Å². The summed E-state index contributed by atoms with van der Waals surface area (Å²) in [6, 6.07) is 11.5. The summed E-state index contributed by atoms with van der Waals surface area (Å²) in [5.74, 6) is 0.0212. The number of benzene rings is 1. The van der Waals surface area contributed by atoms with Gasteiger partial charge >= 0.3 is 0 Å². The summed E-state index contributed by atoms with van der Waals surface area (Å²) in [4.78, 5) is 16.2. The van der Waals surface area contributed by atoms with Crippen molar-refractivity contribution < 1.29 is 4.39 Å². The number of nitrogens with one attached hydrogen (secondary N) is 1. The lowest BCUT2D eigenvalue weighted by molar-refractivity contribution is 0.611. The molecule has 0 spiro atoms. The minimum Gasteiger partial charge on any atom is -0.293 e. The van der Waals surface area contributed by atoms with Crippen LogP contribution < -0.4 is 5.56 Å². The molecule has 0 saturated carbocycles. The molecule has 6 heteroatoms. The molecule has 0 radical (unpaired) electrons. The van der Waals surface area contributed by atoms with E-state index in [1.165, 1.54) is 29.1 Å². The fourth-order valence-corrected chi connectivity index (χ4v) is 2.32. The Morgan fingerprint density at radius 2 is 2.13 bits per heavy atom. The molecule has 0 aliphatic rings. The first kappa shape index (κ1) is 14.7. The van der Waals surface area contributed by atoms with Crippen LogP contribution in [0.15, 0.2) is 47.4 Å². The Hall–Kier alpha value is -3.20. The lowest BCUT2D eigenvalue weighted by atomic mass is 10.1. The molecule has 114 valence electrons. The molecule has 1 aromatic carbocycles. The van der Waals surface area contributed by atoms with E-state index in [4.69, 9.17) is 5.26 Å². The Balaban J connectivity index is 1.95. The molecule has 0 saturated heterocycles. The minimum absolute atomic E-state index is 0.270. The monoisotopic (exact) mass is 308 g/mol. The maximum absolute atomic E-state index is 13.9. The van der Waals surface area contributed by atoms with Crippen molar-refractivity contribution in [1.82, 2.24) is 14.8 Å². The second kappa shape index (κ2) is 5.89. The van der Waals surface area contributed by atoms with E-state index >= 15 is 0 Å². The Kier molecular flexibility index (Phi) is 3.77. The van der Waals surface area contributed by atoms with Crippen molar-refractivity contribution in [2.24, 2.45) is 0 Å². The Bertz CT molecular complexity index is 965. The average molecular weight is 308 g/mol. The van der Waals surface area contributed by atoms with Gasteiger partial charge in [0.05, 0.1) is 11.6 Å². The zero-order valence-corrected chi connectivity index (χ0v) is 12.4. The first-order chi connectivity index (χ1) is 11.1. The number of hydrogen-bond acceptors (Lipinski definition) is 3. The van der Waals surface area contributed by atoms with Crippen LogP contribution in [0.25, 0.3) is 5.82 Å². The topological polar surface area (TPSA) is 74.5 Å². The lowest BCUT2D eigenvalue weighted by Gasteiger charge is -2.03. The normalized spacial score (nSPS) is 10.5. The molecule has 3 aromatic rings. The number of nitriles is 1. The van der Waals surface area contributed by atoms with Crippen LogP contribution in [0.4, 0.5) is 4.39 Å². The van der Waals surface area contributed by atoms with Gasteiger partial charge in [-0.1, -0.05) is 12.1 Å². The van der Waals surface area contributed by atoms with Gasteiger partial charge in [0.2, 0.25) is 0 Å². The number of aromatic nitrogens is 3. The van der Waals surface area contributed by atoms with E-state index in [0.29, 0.717) is 22.6 Å². The molecule has 2 aromatic heterocycles. The van der Waals surface area contributed by atoms with E-state index in [0.717, 1.165) is 5.56 Å². The first-order valence-corrected chi connectivity index (χ1v) is 6.99. The number of aryl methyl sites for hydroxylation is 1. The number of rotatable bonds is 3.